The minimum Gasteiger partial charge on any atom is -0.382 e. The van der Waals surface area contributed by atoms with Gasteiger partial charge in [-0.25, -0.2) is 0 Å². The van der Waals surface area contributed by atoms with E-state index in [4.69, 9.17) is 71.1 Å². The maximum Gasteiger partial charge on any atom is 0.187 e. The Morgan fingerprint density at radius 3 is 1.28 bits per heavy atom. The fourth-order valence-electron chi connectivity index (χ4n) is 5.72. The molecule has 0 N–H and O–H groups in total. The molecule has 15 nitrogen and oxygen atoms in total. The Kier molecular flexibility index (Phi) is 18.4. The quantitative estimate of drug-likeness (QED) is 0.167. The molecule has 0 saturated carbocycles. The van der Waals surface area contributed by atoms with Gasteiger partial charge in [0.25, 0.3) is 0 Å². The lowest BCUT2D eigenvalue weighted by molar-refractivity contribution is -0.352. The maximum atomic E-state index is 6.55. The lowest BCUT2D eigenvalue weighted by atomic mass is 9.97. The molecule has 0 aromatic heterocycles. The standard InChI is InChI=1S/C28H54O15/c1-29-12-16(32-4)20(17(33-5)13-30-2)43-28-26(39-11)24(37-9)22(35-7)19(42-28)15-40-27-25(38-10)23(36-8)21(34-6)18(41-27)14-31-3/h16-28H,12-15H2,1-11H3/t16-,17-,18+,19+,21-,22-,23-,24-,25+,26+,27+,28-/m0/s1. The van der Waals surface area contributed by atoms with Crippen LogP contribution in [0.15, 0.2) is 0 Å². The van der Waals surface area contributed by atoms with Crippen LogP contribution in [0, 0.1) is 0 Å². The van der Waals surface area contributed by atoms with Gasteiger partial charge in [0.1, 0.15) is 67.1 Å². The van der Waals surface area contributed by atoms with E-state index in [1.54, 1.807) is 78.2 Å². The van der Waals surface area contributed by atoms with Crippen LogP contribution in [-0.2, 0) is 71.1 Å². The Morgan fingerprint density at radius 1 is 0.465 bits per heavy atom. The maximum absolute atomic E-state index is 6.55. The molecule has 2 saturated heterocycles. The van der Waals surface area contributed by atoms with Crippen molar-refractivity contribution in [1.82, 2.24) is 0 Å². The molecule has 0 unspecified atom stereocenters. The normalized spacial score (nSPS) is 34.9. The van der Waals surface area contributed by atoms with E-state index in [0.29, 0.717) is 0 Å². The van der Waals surface area contributed by atoms with Gasteiger partial charge in [0, 0.05) is 78.2 Å². The number of ether oxygens (including phenoxy) is 15. The molecule has 2 rings (SSSR count). The van der Waals surface area contributed by atoms with Crippen LogP contribution >= 0.6 is 0 Å². The summed E-state index contributed by atoms with van der Waals surface area (Å²) in [5, 5.41) is 0. The van der Waals surface area contributed by atoms with Crippen LogP contribution in [0.3, 0.4) is 0 Å². The van der Waals surface area contributed by atoms with Crippen LogP contribution < -0.4 is 0 Å². The molecule has 0 aliphatic carbocycles. The molecule has 12 atom stereocenters. The van der Waals surface area contributed by atoms with E-state index >= 15 is 0 Å². The van der Waals surface area contributed by atoms with Crippen LogP contribution in [0.2, 0.25) is 0 Å². The molecule has 0 aromatic rings. The minimum absolute atomic E-state index is 0.0230. The molecule has 2 heterocycles. The molecule has 43 heavy (non-hydrogen) atoms. The second-order valence-corrected chi connectivity index (χ2v) is 10.1. The van der Waals surface area contributed by atoms with Crippen molar-refractivity contribution >= 4 is 0 Å². The van der Waals surface area contributed by atoms with Crippen molar-refractivity contribution in [3.05, 3.63) is 0 Å². The van der Waals surface area contributed by atoms with Gasteiger partial charge in [-0.05, 0) is 0 Å². The Morgan fingerprint density at radius 2 is 0.884 bits per heavy atom. The molecule has 0 amide bonds. The third-order valence-electron chi connectivity index (χ3n) is 7.86. The van der Waals surface area contributed by atoms with Gasteiger partial charge in [0.15, 0.2) is 12.6 Å². The predicted molar refractivity (Wildman–Crippen MR) is 150 cm³/mol. The van der Waals surface area contributed by atoms with Crippen molar-refractivity contribution in [1.29, 1.82) is 0 Å². The Bertz CT molecular complexity index is 706. The van der Waals surface area contributed by atoms with E-state index in [-0.39, 0.29) is 26.4 Å². The first-order valence-corrected chi connectivity index (χ1v) is 14.1. The number of methoxy groups -OCH3 is 11. The Labute approximate surface area is 255 Å². The minimum atomic E-state index is -0.944. The van der Waals surface area contributed by atoms with Crippen LogP contribution in [0.1, 0.15) is 0 Å². The largest absolute Gasteiger partial charge is 0.382 e. The van der Waals surface area contributed by atoms with Gasteiger partial charge in [-0.15, -0.1) is 0 Å². The molecule has 256 valence electrons. The highest BCUT2D eigenvalue weighted by Gasteiger charge is 2.52. The summed E-state index contributed by atoms with van der Waals surface area (Å²) < 4.78 is 87.8. The van der Waals surface area contributed by atoms with E-state index in [1.807, 2.05) is 0 Å². The zero-order chi connectivity index (χ0) is 31.9. The first kappa shape index (κ1) is 38.6. The highest BCUT2D eigenvalue weighted by molar-refractivity contribution is 4.95. The summed E-state index contributed by atoms with van der Waals surface area (Å²) in [7, 11) is 17.3. The molecular formula is C28H54O15. The Hall–Kier alpha value is -0.600. The number of hydrogen-bond acceptors (Lipinski definition) is 15. The summed E-state index contributed by atoms with van der Waals surface area (Å²) in [6, 6.07) is 0. The molecular weight excluding hydrogens is 576 g/mol. The number of rotatable bonds is 21. The summed E-state index contributed by atoms with van der Waals surface area (Å²) in [4.78, 5) is 0. The molecule has 2 aliphatic rings. The number of hydrogen-bond donors (Lipinski definition) is 0. The van der Waals surface area contributed by atoms with Gasteiger partial charge in [0.05, 0.1) is 26.4 Å². The summed E-state index contributed by atoms with van der Waals surface area (Å²) >= 11 is 0. The highest BCUT2D eigenvalue weighted by atomic mass is 16.8. The van der Waals surface area contributed by atoms with Crippen LogP contribution in [0.25, 0.3) is 0 Å². The van der Waals surface area contributed by atoms with Gasteiger partial charge in [-0.1, -0.05) is 0 Å². The van der Waals surface area contributed by atoms with Crippen molar-refractivity contribution in [2.24, 2.45) is 0 Å². The van der Waals surface area contributed by atoms with Crippen molar-refractivity contribution in [3.8, 4) is 0 Å². The molecule has 0 spiro atoms. The fourth-order valence-corrected chi connectivity index (χ4v) is 5.72. The van der Waals surface area contributed by atoms with Crippen LogP contribution in [0.5, 0.6) is 0 Å². The van der Waals surface area contributed by atoms with Crippen LogP contribution in [-0.4, -0.2) is 184 Å². The van der Waals surface area contributed by atoms with E-state index in [1.165, 1.54) is 0 Å². The summed E-state index contributed by atoms with van der Waals surface area (Å²) in [6.45, 7) is 0.756. The smallest absolute Gasteiger partial charge is 0.187 e. The average molecular weight is 631 g/mol. The van der Waals surface area contributed by atoms with Crippen molar-refractivity contribution in [3.63, 3.8) is 0 Å². The first-order valence-electron chi connectivity index (χ1n) is 14.1. The van der Waals surface area contributed by atoms with Gasteiger partial charge in [-0.2, -0.15) is 0 Å². The summed E-state index contributed by atoms with van der Waals surface area (Å²) in [5.41, 5.74) is 0. The van der Waals surface area contributed by atoms with E-state index in [0.717, 1.165) is 0 Å². The van der Waals surface area contributed by atoms with Gasteiger partial charge < -0.3 is 71.1 Å². The third-order valence-corrected chi connectivity index (χ3v) is 7.86. The SMILES string of the molecule is COC[C@H](OC)C(O[C@@H]1O[C@H](CO[C@@H]2O[C@H](COC)[C@H](OC)[C@H](OC)[C@H]2OC)[C@H](OC)[C@H](OC)[C@H]1OC)[C@H](COC)OC. The highest BCUT2D eigenvalue weighted by Crippen LogP contribution is 2.32. The predicted octanol–water partition coefficient (Wildman–Crippen LogP) is -0.103. The van der Waals surface area contributed by atoms with Crippen molar-refractivity contribution < 1.29 is 71.1 Å². The van der Waals surface area contributed by atoms with E-state index in [2.05, 4.69) is 0 Å². The van der Waals surface area contributed by atoms with Gasteiger partial charge in [0.2, 0.25) is 0 Å². The summed E-state index contributed by atoms with van der Waals surface area (Å²) in [5.74, 6) is 0. The van der Waals surface area contributed by atoms with Crippen LogP contribution in [0.4, 0.5) is 0 Å². The zero-order valence-electron chi connectivity index (χ0n) is 27.5. The molecule has 0 radical (unpaired) electrons. The zero-order valence-corrected chi connectivity index (χ0v) is 27.5. The first-order chi connectivity index (χ1) is 20.9. The lowest BCUT2D eigenvalue weighted by Gasteiger charge is -2.47. The summed E-state index contributed by atoms with van der Waals surface area (Å²) in [6.07, 6.45) is -8.03. The van der Waals surface area contributed by atoms with E-state index < -0.39 is 79.7 Å². The Balaban J connectivity index is 2.35. The monoisotopic (exact) mass is 630 g/mol. The van der Waals surface area contributed by atoms with E-state index in [9.17, 15) is 0 Å². The molecule has 2 aliphatic heterocycles. The van der Waals surface area contributed by atoms with Crippen molar-refractivity contribution in [2.45, 2.75) is 79.7 Å². The van der Waals surface area contributed by atoms with Gasteiger partial charge in [-0.3, -0.25) is 0 Å². The lowest BCUT2D eigenvalue weighted by Crippen LogP contribution is -2.64. The molecule has 0 aromatic carbocycles. The van der Waals surface area contributed by atoms with Crippen molar-refractivity contribution in [2.75, 3.05) is 105 Å². The third kappa shape index (κ3) is 9.70. The second kappa shape index (κ2) is 20.5. The second-order valence-electron chi connectivity index (χ2n) is 10.1. The molecule has 0 bridgehead atoms. The van der Waals surface area contributed by atoms with Gasteiger partial charge >= 0.3 is 0 Å². The molecule has 15 heteroatoms. The topological polar surface area (TPSA) is 138 Å². The average Bonchev–Trinajstić information content (AvgIpc) is 3.03. The fraction of sp³-hybridized carbons (Fsp3) is 1.00. The molecule has 2 fully saturated rings.